The van der Waals surface area contributed by atoms with Crippen LogP contribution in [0, 0.1) is 0 Å². The maximum Gasteiger partial charge on any atom is 0.220 e. The molecule has 2 saturated heterocycles. The van der Waals surface area contributed by atoms with Gasteiger partial charge >= 0.3 is 0 Å². The second-order valence-corrected chi connectivity index (χ2v) is 8.12. The Bertz CT molecular complexity index is 808. The van der Waals surface area contributed by atoms with Crippen molar-refractivity contribution in [1.29, 1.82) is 0 Å². The maximum absolute atomic E-state index is 12.3. The molecule has 4 heterocycles. The third kappa shape index (κ3) is 5.22. The molecule has 2 aromatic heterocycles. The highest BCUT2D eigenvalue weighted by Crippen LogP contribution is 2.18. The standard InChI is InChI=1S/C20H32N8O/c1-25-13-15-26(16-14-25)12-9-21-20(29)8-7-18-23-22-17-5-6-19(24-28(17)18)27-10-3-2-4-11-27/h5-6H,2-4,7-16H2,1H3,(H,21,29). The third-order valence-electron chi connectivity index (χ3n) is 5.92. The fourth-order valence-corrected chi connectivity index (χ4v) is 4.01. The summed E-state index contributed by atoms with van der Waals surface area (Å²) in [6, 6.07) is 3.98. The minimum Gasteiger partial charge on any atom is -0.355 e. The highest BCUT2D eigenvalue weighted by molar-refractivity contribution is 5.76. The molecule has 9 nitrogen and oxygen atoms in total. The lowest BCUT2D eigenvalue weighted by molar-refractivity contribution is -0.121. The van der Waals surface area contributed by atoms with E-state index >= 15 is 0 Å². The lowest BCUT2D eigenvalue weighted by atomic mass is 10.1. The van der Waals surface area contributed by atoms with Crippen LogP contribution in [-0.2, 0) is 11.2 Å². The Balaban J connectivity index is 1.27. The number of piperidine rings is 1. The number of aromatic nitrogens is 4. The minimum atomic E-state index is 0.0584. The quantitative estimate of drug-likeness (QED) is 0.721. The van der Waals surface area contributed by atoms with E-state index in [4.69, 9.17) is 5.10 Å². The maximum atomic E-state index is 12.3. The highest BCUT2D eigenvalue weighted by atomic mass is 16.1. The number of anilines is 1. The SMILES string of the molecule is CN1CCN(CCNC(=O)CCc2nnc3ccc(N4CCCCC4)nn23)CC1. The van der Waals surface area contributed by atoms with Gasteiger partial charge < -0.3 is 15.1 Å². The van der Waals surface area contributed by atoms with Gasteiger partial charge in [0.05, 0.1) is 0 Å². The first kappa shape index (κ1) is 20.0. The van der Waals surface area contributed by atoms with E-state index in [1.165, 1.54) is 19.3 Å². The van der Waals surface area contributed by atoms with E-state index in [0.717, 1.165) is 63.1 Å². The van der Waals surface area contributed by atoms with Gasteiger partial charge in [-0.1, -0.05) is 0 Å². The fourth-order valence-electron chi connectivity index (χ4n) is 4.01. The highest BCUT2D eigenvalue weighted by Gasteiger charge is 2.16. The summed E-state index contributed by atoms with van der Waals surface area (Å²) in [5.41, 5.74) is 0.733. The molecule has 0 bridgehead atoms. The van der Waals surface area contributed by atoms with Crippen LogP contribution in [0.4, 0.5) is 5.82 Å². The second kappa shape index (κ2) is 9.49. The van der Waals surface area contributed by atoms with Crippen LogP contribution in [0.5, 0.6) is 0 Å². The molecule has 0 spiro atoms. The van der Waals surface area contributed by atoms with Crippen molar-refractivity contribution in [2.45, 2.75) is 32.1 Å². The van der Waals surface area contributed by atoms with E-state index in [1.54, 1.807) is 4.52 Å². The van der Waals surface area contributed by atoms with Gasteiger partial charge in [-0.15, -0.1) is 15.3 Å². The molecule has 2 fully saturated rings. The second-order valence-electron chi connectivity index (χ2n) is 8.12. The Labute approximate surface area is 172 Å². The lowest BCUT2D eigenvalue weighted by Gasteiger charge is -2.32. The van der Waals surface area contributed by atoms with E-state index in [1.807, 2.05) is 12.1 Å². The average molecular weight is 401 g/mol. The number of nitrogens with zero attached hydrogens (tertiary/aromatic N) is 7. The van der Waals surface area contributed by atoms with Crippen LogP contribution in [-0.4, -0.2) is 94.9 Å². The summed E-state index contributed by atoms with van der Waals surface area (Å²) in [6.07, 6.45) is 4.66. The summed E-state index contributed by atoms with van der Waals surface area (Å²) >= 11 is 0. The van der Waals surface area contributed by atoms with Crippen molar-refractivity contribution in [3.8, 4) is 0 Å². The molecule has 0 atom stereocenters. The Hall–Kier alpha value is -2.26. The number of nitrogens with one attached hydrogen (secondary N) is 1. The summed E-state index contributed by atoms with van der Waals surface area (Å²) in [6.45, 7) is 8.04. The number of amides is 1. The van der Waals surface area contributed by atoms with Crippen molar-refractivity contribution in [1.82, 2.24) is 34.9 Å². The Kier molecular flexibility index (Phi) is 6.56. The predicted octanol–water partition coefficient (Wildman–Crippen LogP) is 0.411. The molecule has 1 amide bonds. The van der Waals surface area contributed by atoms with E-state index < -0.39 is 0 Å². The number of carbonyl (C=O) groups is 1. The third-order valence-corrected chi connectivity index (χ3v) is 5.92. The van der Waals surface area contributed by atoms with Crippen LogP contribution in [0.2, 0.25) is 0 Å². The molecule has 0 aromatic carbocycles. The Morgan fingerprint density at radius 1 is 1.03 bits per heavy atom. The summed E-state index contributed by atoms with van der Waals surface area (Å²) in [5, 5.41) is 16.2. The normalized spacial score (nSPS) is 19.0. The van der Waals surface area contributed by atoms with E-state index in [0.29, 0.717) is 19.4 Å². The summed E-state index contributed by atoms with van der Waals surface area (Å²) in [5.74, 6) is 1.77. The average Bonchev–Trinajstić information content (AvgIpc) is 3.16. The minimum absolute atomic E-state index is 0.0584. The van der Waals surface area contributed by atoms with Crippen LogP contribution in [0.1, 0.15) is 31.5 Å². The summed E-state index contributed by atoms with van der Waals surface area (Å²) < 4.78 is 1.79. The van der Waals surface area contributed by atoms with E-state index in [9.17, 15) is 4.79 Å². The molecule has 9 heteroatoms. The van der Waals surface area contributed by atoms with Gasteiger partial charge in [-0.05, 0) is 38.4 Å². The van der Waals surface area contributed by atoms with E-state index in [-0.39, 0.29) is 5.91 Å². The molecule has 0 unspecified atom stereocenters. The predicted molar refractivity (Wildman–Crippen MR) is 112 cm³/mol. The van der Waals surface area contributed by atoms with Gasteiger partial charge in [-0.3, -0.25) is 9.69 Å². The van der Waals surface area contributed by atoms with Crippen LogP contribution in [0.15, 0.2) is 12.1 Å². The van der Waals surface area contributed by atoms with Gasteiger partial charge in [-0.2, -0.15) is 4.52 Å². The number of fused-ring (bicyclic) bond motifs is 1. The Morgan fingerprint density at radius 3 is 2.62 bits per heavy atom. The van der Waals surface area contributed by atoms with Crippen molar-refractivity contribution < 1.29 is 4.79 Å². The largest absolute Gasteiger partial charge is 0.355 e. The Morgan fingerprint density at radius 2 is 1.83 bits per heavy atom. The van der Waals surface area contributed by atoms with Crippen molar-refractivity contribution in [2.24, 2.45) is 0 Å². The van der Waals surface area contributed by atoms with Crippen molar-refractivity contribution >= 4 is 17.4 Å². The van der Waals surface area contributed by atoms with Crippen LogP contribution >= 0.6 is 0 Å². The topological polar surface area (TPSA) is 81.9 Å². The number of rotatable bonds is 7. The smallest absolute Gasteiger partial charge is 0.220 e. The zero-order valence-electron chi connectivity index (χ0n) is 17.4. The van der Waals surface area contributed by atoms with Crippen LogP contribution < -0.4 is 10.2 Å². The fraction of sp³-hybridized carbons (Fsp3) is 0.700. The van der Waals surface area contributed by atoms with Gasteiger partial charge in [0.2, 0.25) is 5.91 Å². The van der Waals surface area contributed by atoms with Gasteiger partial charge in [-0.25, -0.2) is 0 Å². The monoisotopic (exact) mass is 400 g/mol. The molecule has 1 N–H and O–H groups in total. The van der Waals surface area contributed by atoms with Gasteiger partial charge in [0.15, 0.2) is 11.5 Å². The first-order valence-electron chi connectivity index (χ1n) is 10.8. The zero-order chi connectivity index (χ0) is 20.1. The number of hydrogen-bond donors (Lipinski definition) is 1. The van der Waals surface area contributed by atoms with Gasteiger partial charge in [0.25, 0.3) is 0 Å². The van der Waals surface area contributed by atoms with E-state index in [2.05, 4.69) is 37.3 Å². The van der Waals surface area contributed by atoms with Crippen molar-refractivity contribution in [3.05, 3.63) is 18.0 Å². The number of hydrogen-bond acceptors (Lipinski definition) is 7. The zero-order valence-corrected chi connectivity index (χ0v) is 17.4. The number of carbonyl (C=O) groups excluding carboxylic acids is 1. The number of likely N-dealkylation sites (N-methyl/N-ethyl adjacent to an activating group) is 1. The van der Waals surface area contributed by atoms with Crippen LogP contribution in [0.25, 0.3) is 5.65 Å². The number of aryl methyl sites for hydroxylation is 1. The first-order valence-corrected chi connectivity index (χ1v) is 10.8. The molecule has 158 valence electrons. The van der Waals surface area contributed by atoms with Gasteiger partial charge in [0.1, 0.15) is 5.82 Å². The molecule has 0 radical (unpaired) electrons. The molecule has 2 aliphatic rings. The molecule has 4 rings (SSSR count). The molecule has 0 saturated carbocycles. The molecular weight excluding hydrogens is 368 g/mol. The first-order chi connectivity index (χ1) is 14.2. The molecule has 2 aromatic rings. The van der Waals surface area contributed by atoms with Gasteiger partial charge in [0, 0.05) is 65.2 Å². The van der Waals surface area contributed by atoms with Crippen molar-refractivity contribution in [3.63, 3.8) is 0 Å². The summed E-state index contributed by atoms with van der Waals surface area (Å²) in [4.78, 5) is 19.3. The molecular formula is C20H32N8O. The summed E-state index contributed by atoms with van der Waals surface area (Å²) in [7, 11) is 2.15. The molecule has 29 heavy (non-hydrogen) atoms. The molecule has 0 aliphatic carbocycles. The van der Waals surface area contributed by atoms with Crippen LogP contribution in [0.3, 0.4) is 0 Å². The van der Waals surface area contributed by atoms with Crippen molar-refractivity contribution in [2.75, 3.05) is 64.3 Å². The molecule has 2 aliphatic heterocycles. The number of piperazine rings is 1. The lowest BCUT2D eigenvalue weighted by Crippen LogP contribution is -2.46.